The summed E-state index contributed by atoms with van der Waals surface area (Å²) in [4.78, 5) is 25.5. The van der Waals surface area contributed by atoms with Crippen LogP contribution in [0.2, 0.25) is 0 Å². The maximum absolute atomic E-state index is 12.8. The highest BCUT2D eigenvalue weighted by atomic mass is 127. The van der Waals surface area contributed by atoms with Gasteiger partial charge in [-0.05, 0) is 71.1 Å². The van der Waals surface area contributed by atoms with E-state index in [1.807, 2.05) is 71.3 Å². The van der Waals surface area contributed by atoms with Crippen molar-refractivity contribution in [3.05, 3.63) is 104 Å². The second-order valence-electron chi connectivity index (χ2n) is 7.45. The maximum atomic E-state index is 12.8. The number of nitrogens with zero attached hydrogens (tertiary/aromatic N) is 2. The van der Waals surface area contributed by atoms with Crippen LogP contribution in [-0.4, -0.2) is 16.7 Å². The van der Waals surface area contributed by atoms with Crippen molar-refractivity contribution in [3.8, 4) is 11.3 Å². The van der Waals surface area contributed by atoms with Crippen LogP contribution < -0.4 is 10.9 Å². The summed E-state index contributed by atoms with van der Waals surface area (Å²) in [6.07, 6.45) is 1.47. The summed E-state index contributed by atoms with van der Waals surface area (Å²) in [7, 11) is 0. The van der Waals surface area contributed by atoms with E-state index in [9.17, 15) is 9.59 Å². The number of hydrogen-bond acceptors (Lipinski definition) is 4. The van der Waals surface area contributed by atoms with Crippen LogP contribution in [0.3, 0.4) is 0 Å². The number of benzene rings is 3. The Hall–Kier alpha value is -3.72. The van der Waals surface area contributed by atoms with Gasteiger partial charge in [0.25, 0.3) is 5.91 Å². The second kappa shape index (κ2) is 9.03. The first-order chi connectivity index (χ1) is 16.1. The summed E-state index contributed by atoms with van der Waals surface area (Å²) in [5, 5.41) is 5.19. The molecule has 33 heavy (non-hydrogen) atoms. The van der Waals surface area contributed by atoms with Gasteiger partial charge in [0.05, 0.1) is 17.2 Å². The molecule has 0 saturated heterocycles. The van der Waals surface area contributed by atoms with Gasteiger partial charge >= 0.3 is 0 Å². The molecule has 162 valence electrons. The van der Waals surface area contributed by atoms with Crippen LogP contribution in [0, 0.1) is 3.57 Å². The number of hydrazone groups is 1. The molecule has 3 aromatic carbocycles. The first kappa shape index (κ1) is 21.1. The largest absolute Gasteiger partial charge is 0.455 e. The molecule has 5 aromatic rings. The van der Waals surface area contributed by atoms with E-state index in [-0.39, 0.29) is 17.9 Å². The lowest BCUT2D eigenvalue weighted by Crippen LogP contribution is -2.25. The smallest absolute Gasteiger partial charge is 0.260 e. The number of furan rings is 1. The van der Waals surface area contributed by atoms with Gasteiger partial charge in [0.1, 0.15) is 18.1 Å². The summed E-state index contributed by atoms with van der Waals surface area (Å²) in [6.45, 7) is 0.0186. The highest BCUT2D eigenvalue weighted by Crippen LogP contribution is 2.22. The minimum Gasteiger partial charge on any atom is -0.455 e. The minimum atomic E-state index is -0.311. The van der Waals surface area contributed by atoms with Gasteiger partial charge in [0.15, 0.2) is 5.43 Å². The van der Waals surface area contributed by atoms with Crippen molar-refractivity contribution in [3.63, 3.8) is 0 Å². The number of fused-ring (bicyclic) bond motifs is 2. The average Bonchev–Trinajstić information content (AvgIpc) is 3.31. The first-order valence-corrected chi connectivity index (χ1v) is 11.4. The van der Waals surface area contributed by atoms with Crippen LogP contribution >= 0.6 is 22.6 Å². The number of halogens is 1. The van der Waals surface area contributed by atoms with Gasteiger partial charge in [-0.1, -0.05) is 36.4 Å². The summed E-state index contributed by atoms with van der Waals surface area (Å²) in [5.41, 5.74) is 4.88. The van der Waals surface area contributed by atoms with Crippen molar-refractivity contribution in [2.45, 2.75) is 6.54 Å². The number of pyridine rings is 1. The van der Waals surface area contributed by atoms with Crippen LogP contribution in [-0.2, 0) is 11.3 Å². The molecule has 0 atom stereocenters. The predicted octanol–water partition coefficient (Wildman–Crippen LogP) is 5.17. The molecule has 2 heterocycles. The number of aromatic nitrogens is 1. The number of carbonyl (C=O) groups is 1. The lowest BCUT2D eigenvalue weighted by molar-refractivity contribution is -0.121. The highest BCUT2D eigenvalue weighted by molar-refractivity contribution is 14.1. The van der Waals surface area contributed by atoms with Gasteiger partial charge < -0.3 is 8.98 Å². The average molecular weight is 547 g/mol. The van der Waals surface area contributed by atoms with E-state index in [2.05, 4.69) is 33.1 Å². The Morgan fingerprint density at radius 2 is 1.55 bits per heavy atom. The Balaban J connectivity index is 1.36. The lowest BCUT2D eigenvalue weighted by Gasteiger charge is -2.14. The van der Waals surface area contributed by atoms with Gasteiger partial charge in [-0.25, -0.2) is 5.43 Å². The third-order valence-electron chi connectivity index (χ3n) is 5.32. The Labute approximate surface area is 202 Å². The SMILES string of the molecule is O=C(Cn1c2ccccc2c(=O)c2ccccc21)NN=Cc1ccc(-c2ccc(I)cc2)o1. The fourth-order valence-corrected chi connectivity index (χ4v) is 4.15. The molecule has 0 saturated carbocycles. The fraction of sp³-hybridized carbons (Fsp3) is 0.0385. The molecule has 0 spiro atoms. The highest BCUT2D eigenvalue weighted by Gasteiger charge is 2.12. The van der Waals surface area contributed by atoms with E-state index in [4.69, 9.17) is 4.42 Å². The van der Waals surface area contributed by atoms with E-state index in [0.717, 1.165) is 14.9 Å². The summed E-state index contributed by atoms with van der Waals surface area (Å²) >= 11 is 2.25. The van der Waals surface area contributed by atoms with Gasteiger partial charge in [0, 0.05) is 19.9 Å². The molecule has 0 aliphatic heterocycles. The van der Waals surface area contributed by atoms with Crippen molar-refractivity contribution in [1.82, 2.24) is 9.99 Å². The van der Waals surface area contributed by atoms with E-state index >= 15 is 0 Å². The van der Waals surface area contributed by atoms with Gasteiger partial charge in [-0.2, -0.15) is 5.10 Å². The normalized spacial score (nSPS) is 11.4. The number of carbonyl (C=O) groups excluding carboxylic acids is 1. The monoisotopic (exact) mass is 547 g/mol. The Morgan fingerprint density at radius 1 is 0.909 bits per heavy atom. The van der Waals surface area contributed by atoms with E-state index in [1.54, 1.807) is 18.2 Å². The number of hydrogen-bond donors (Lipinski definition) is 1. The molecule has 0 radical (unpaired) electrons. The minimum absolute atomic E-state index is 0.0186. The molecule has 7 heteroatoms. The van der Waals surface area contributed by atoms with Crippen LogP contribution in [0.25, 0.3) is 33.1 Å². The van der Waals surface area contributed by atoms with Crippen LogP contribution in [0.15, 0.2) is 99.2 Å². The maximum Gasteiger partial charge on any atom is 0.260 e. The van der Waals surface area contributed by atoms with Crippen molar-refractivity contribution in [2.75, 3.05) is 0 Å². The van der Waals surface area contributed by atoms with Crippen LogP contribution in [0.5, 0.6) is 0 Å². The number of rotatable bonds is 5. The summed E-state index contributed by atoms with van der Waals surface area (Å²) in [6, 6.07) is 26.2. The third kappa shape index (κ3) is 4.31. The van der Waals surface area contributed by atoms with Gasteiger partial charge in [-0.15, -0.1) is 0 Å². The Morgan fingerprint density at radius 3 is 2.21 bits per heavy atom. The molecule has 0 unspecified atom stereocenters. The third-order valence-corrected chi connectivity index (χ3v) is 6.04. The standard InChI is InChI=1S/C26H18IN3O3/c27-18-11-9-17(10-12-18)24-14-13-19(33-24)15-28-29-25(31)16-30-22-7-3-1-5-20(22)26(32)21-6-2-4-8-23(21)30/h1-15H,16H2,(H,29,31). The molecule has 5 rings (SSSR count). The lowest BCUT2D eigenvalue weighted by atomic mass is 10.1. The zero-order chi connectivity index (χ0) is 22.8. The van der Waals surface area contributed by atoms with E-state index in [1.165, 1.54) is 6.21 Å². The molecule has 6 nitrogen and oxygen atoms in total. The molecule has 0 bridgehead atoms. The molecular formula is C26H18IN3O3. The number of nitrogens with one attached hydrogen (secondary N) is 1. The van der Waals surface area contributed by atoms with Crippen molar-refractivity contribution < 1.29 is 9.21 Å². The predicted molar refractivity (Wildman–Crippen MR) is 138 cm³/mol. The quantitative estimate of drug-likeness (QED) is 0.143. The second-order valence-corrected chi connectivity index (χ2v) is 8.70. The van der Waals surface area contributed by atoms with Crippen molar-refractivity contribution >= 4 is 56.5 Å². The fourth-order valence-electron chi connectivity index (χ4n) is 3.79. The zero-order valence-electron chi connectivity index (χ0n) is 17.4. The molecule has 0 aliphatic carbocycles. The Bertz CT molecular complexity index is 1510. The van der Waals surface area contributed by atoms with E-state index in [0.29, 0.717) is 27.6 Å². The van der Waals surface area contributed by atoms with Crippen molar-refractivity contribution in [1.29, 1.82) is 0 Å². The molecular weight excluding hydrogens is 529 g/mol. The molecule has 1 N–H and O–H groups in total. The Kier molecular flexibility index (Phi) is 5.78. The summed E-state index contributed by atoms with van der Waals surface area (Å²) < 4.78 is 8.78. The van der Waals surface area contributed by atoms with Crippen LogP contribution in [0.1, 0.15) is 5.76 Å². The van der Waals surface area contributed by atoms with Gasteiger partial charge in [0.2, 0.25) is 0 Å². The molecule has 1 amide bonds. The van der Waals surface area contributed by atoms with Crippen LogP contribution in [0.4, 0.5) is 0 Å². The first-order valence-electron chi connectivity index (χ1n) is 10.3. The number of para-hydroxylation sites is 2. The van der Waals surface area contributed by atoms with Gasteiger partial charge in [-0.3, -0.25) is 9.59 Å². The van der Waals surface area contributed by atoms with Crippen molar-refractivity contribution in [2.24, 2.45) is 5.10 Å². The summed E-state index contributed by atoms with van der Waals surface area (Å²) in [5.74, 6) is 0.947. The molecule has 2 aromatic heterocycles. The molecule has 0 aliphatic rings. The zero-order valence-corrected chi connectivity index (χ0v) is 19.5. The van der Waals surface area contributed by atoms with E-state index < -0.39 is 0 Å². The number of amides is 1. The topological polar surface area (TPSA) is 76.6 Å². The molecule has 0 fully saturated rings.